The zero-order valence-electron chi connectivity index (χ0n) is 13.1. The predicted molar refractivity (Wildman–Crippen MR) is 87.4 cm³/mol. The fourth-order valence-corrected chi connectivity index (χ4v) is 2.31. The maximum absolute atomic E-state index is 13.9. The van der Waals surface area contributed by atoms with Gasteiger partial charge in [-0.15, -0.1) is 0 Å². The molecule has 3 aromatic rings. The minimum absolute atomic E-state index is 0.117. The van der Waals surface area contributed by atoms with Crippen LogP contribution in [0.4, 0.5) is 14.9 Å². The van der Waals surface area contributed by atoms with Crippen molar-refractivity contribution in [3.63, 3.8) is 0 Å². The first kappa shape index (κ1) is 15.7. The average molecular weight is 328 g/mol. The van der Waals surface area contributed by atoms with Gasteiger partial charge in [-0.1, -0.05) is 0 Å². The Morgan fingerprint density at radius 3 is 2.83 bits per heavy atom. The van der Waals surface area contributed by atoms with Crippen LogP contribution < -0.4 is 10.6 Å². The van der Waals surface area contributed by atoms with Crippen molar-refractivity contribution < 1.29 is 9.18 Å². The summed E-state index contributed by atoms with van der Waals surface area (Å²) in [5.41, 5.74) is 0.874. The number of nitrogens with zero attached hydrogens (tertiary/aromatic N) is 4. The number of nitrogens with one attached hydrogen (secondary N) is 2. The van der Waals surface area contributed by atoms with Gasteiger partial charge < -0.3 is 15.2 Å². The van der Waals surface area contributed by atoms with E-state index in [9.17, 15) is 9.18 Å². The molecule has 2 heterocycles. The van der Waals surface area contributed by atoms with Crippen molar-refractivity contribution in [2.75, 3.05) is 5.32 Å². The van der Waals surface area contributed by atoms with E-state index in [0.717, 1.165) is 5.69 Å². The van der Waals surface area contributed by atoms with Gasteiger partial charge in [0, 0.05) is 24.1 Å². The molecule has 0 aliphatic heterocycles. The molecule has 2 amide bonds. The van der Waals surface area contributed by atoms with Gasteiger partial charge in [0.15, 0.2) is 0 Å². The van der Waals surface area contributed by atoms with Crippen molar-refractivity contribution in [1.29, 1.82) is 0 Å². The minimum atomic E-state index is -0.495. The van der Waals surface area contributed by atoms with Gasteiger partial charge in [0.25, 0.3) is 0 Å². The molecule has 0 spiro atoms. The lowest BCUT2D eigenvalue weighted by Gasteiger charge is -2.15. The van der Waals surface area contributed by atoms with Crippen LogP contribution >= 0.6 is 0 Å². The quantitative estimate of drug-likeness (QED) is 0.755. The van der Waals surface area contributed by atoms with Crippen molar-refractivity contribution in [2.45, 2.75) is 19.5 Å². The summed E-state index contributed by atoms with van der Waals surface area (Å²) >= 11 is 0. The van der Waals surface area contributed by atoms with Crippen LogP contribution in [-0.4, -0.2) is 31.4 Å². The second-order valence-corrected chi connectivity index (χ2v) is 5.37. The normalized spacial score (nSPS) is 11.9. The molecule has 0 bridgehead atoms. The zero-order valence-corrected chi connectivity index (χ0v) is 13.1. The molecule has 0 fully saturated rings. The van der Waals surface area contributed by atoms with Crippen molar-refractivity contribution >= 4 is 11.7 Å². The van der Waals surface area contributed by atoms with Gasteiger partial charge >= 0.3 is 6.03 Å². The van der Waals surface area contributed by atoms with Gasteiger partial charge in [-0.05, 0) is 37.3 Å². The molecule has 7 nitrogen and oxygen atoms in total. The number of aromatic nitrogens is 4. The van der Waals surface area contributed by atoms with Crippen LogP contribution in [0.3, 0.4) is 0 Å². The number of hydrogen-bond donors (Lipinski definition) is 2. The predicted octanol–water partition coefficient (Wildman–Crippen LogP) is 2.42. The molecule has 24 heavy (non-hydrogen) atoms. The number of amides is 2. The van der Waals surface area contributed by atoms with Gasteiger partial charge in [0.1, 0.15) is 18.5 Å². The summed E-state index contributed by atoms with van der Waals surface area (Å²) in [5, 5.41) is 9.25. The van der Waals surface area contributed by atoms with Crippen LogP contribution in [0.25, 0.3) is 5.69 Å². The highest BCUT2D eigenvalue weighted by Gasteiger charge is 2.11. The SMILES string of the molecule is C[C@@H](Cn1cncn1)NC(=O)Nc1cc(-n2cccc2)ccc1F. The third-order valence-corrected chi connectivity index (χ3v) is 3.41. The summed E-state index contributed by atoms with van der Waals surface area (Å²) < 4.78 is 17.4. The first-order valence-corrected chi connectivity index (χ1v) is 7.44. The van der Waals surface area contributed by atoms with Crippen LogP contribution in [-0.2, 0) is 6.54 Å². The molecule has 0 saturated heterocycles. The van der Waals surface area contributed by atoms with Gasteiger partial charge in [-0.3, -0.25) is 4.68 Å². The molecule has 1 atom stereocenters. The van der Waals surface area contributed by atoms with E-state index in [4.69, 9.17) is 0 Å². The first-order valence-electron chi connectivity index (χ1n) is 7.44. The summed E-state index contributed by atoms with van der Waals surface area (Å²) in [4.78, 5) is 15.9. The fraction of sp³-hybridized carbons (Fsp3) is 0.188. The summed E-state index contributed by atoms with van der Waals surface area (Å²) in [7, 11) is 0. The molecule has 0 unspecified atom stereocenters. The number of rotatable bonds is 5. The van der Waals surface area contributed by atoms with Gasteiger partial charge in [0.05, 0.1) is 12.2 Å². The number of carbonyl (C=O) groups excluding carboxylic acids is 1. The third kappa shape index (κ3) is 3.78. The molecule has 0 aliphatic rings. The Balaban J connectivity index is 1.64. The van der Waals surface area contributed by atoms with Crippen molar-refractivity contribution in [1.82, 2.24) is 24.6 Å². The Kier molecular flexibility index (Phi) is 4.55. The van der Waals surface area contributed by atoms with Crippen LogP contribution in [0, 0.1) is 5.82 Å². The highest BCUT2D eigenvalue weighted by atomic mass is 19.1. The second kappa shape index (κ2) is 6.95. The lowest BCUT2D eigenvalue weighted by Crippen LogP contribution is -2.38. The van der Waals surface area contributed by atoms with E-state index in [-0.39, 0.29) is 11.7 Å². The van der Waals surface area contributed by atoms with E-state index in [1.807, 2.05) is 36.0 Å². The van der Waals surface area contributed by atoms with E-state index >= 15 is 0 Å². The summed E-state index contributed by atoms with van der Waals surface area (Å²) in [5.74, 6) is -0.495. The Morgan fingerprint density at radius 2 is 2.12 bits per heavy atom. The Hall–Kier alpha value is -3.16. The molecule has 3 rings (SSSR count). The number of halogens is 1. The topological polar surface area (TPSA) is 76.8 Å². The fourth-order valence-electron chi connectivity index (χ4n) is 2.31. The van der Waals surface area contributed by atoms with E-state index < -0.39 is 11.8 Å². The molecule has 2 N–H and O–H groups in total. The van der Waals surface area contributed by atoms with Crippen LogP contribution in [0.2, 0.25) is 0 Å². The van der Waals surface area contributed by atoms with Crippen LogP contribution in [0.15, 0.2) is 55.4 Å². The van der Waals surface area contributed by atoms with E-state index in [1.54, 1.807) is 23.1 Å². The standard InChI is InChI=1S/C16H17FN6O/c1-12(9-23-11-18-10-19-23)20-16(24)21-15-8-13(4-5-14(15)17)22-6-2-3-7-22/h2-8,10-12H,9H2,1H3,(H2,20,21,24)/t12-/m0/s1. The van der Waals surface area contributed by atoms with Crippen molar-refractivity contribution in [2.24, 2.45) is 0 Å². The Morgan fingerprint density at radius 1 is 1.33 bits per heavy atom. The largest absolute Gasteiger partial charge is 0.334 e. The third-order valence-electron chi connectivity index (χ3n) is 3.41. The molecule has 1 aromatic carbocycles. The highest BCUT2D eigenvalue weighted by molar-refractivity contribution is 5.89. The highest BCUT2D eigenvalue weighted by Crippen LogP contribution is 2.19. The van der Waals surface area contributed by atoms with Gasteiger partial charge in [-0.25, -0.2) is 14.2 Å². The number of hydrogen-bond acceptors (Lipinski definition) is 3. The average Bonchev–Trinajstić information content (AvgIpc) is 3.22. The van der Waals surface area contributed by atoms with Crippen LogP contribution in [0.5, 0.6) is 0 Å². The van der Waals surface area contributed by atoms with Gasteiger partial charge in [0.2, 0.25) is 0 Å². The summed E-state index contributed by atoms with van der Waals surface area (Å²) in [6, 6.07) is 7.62. The van der Waals surface area contributed by atoms with E-state index in [1.165, 1.54) is 12.4 Å². The maximum atomic E-state index is 13.9. The summed E-state index contributed by atoms with van der Waals surface area (Å²) in [6.07, 6.45) is 6.68. The van der Waals surface area contributed by atoms with Crippen molar-refractivity contribution in [3.05, 3.63) is 61.2 Å². The smallest absolute Gasteiger partial charge is 0.319 e. The van der Waals surface area contributed by atoms with Crippen LogP contribution in [0.1, 0.15) is 6.92 Å². The Bertz CT molecular complexity index is 800. The molecule has 0 radical (unpaired) electrons. The van der Waals surface area contributed by atoms with Crippen molar-refractivity contribution in [3.8, 4) is 5.69 Å². The Labute approximate surface area is 138 Å². The molecular formula is C16H17FN6O. The molecular weight excluding hydrogens is 311 g/mol. The second-order valence-electron chi connectivity index (χ2n) is 5.37. The minimum Gasteiger partial charge on any atom is -0.334 e. The van der Waals surface area contributed by atoms with E-state index in [2.05, 4.69) is 20.7 Å². The lowest BCUT2D eigenvalue weighted by molar-refractivity contribution is 0.247. The summed E-state index contributed by atoms with van der Waals surface area (Å²) in [6.45, 7) is 2.30. The number of carbonyl (C=O) groups is 1. The molecule has 0 aliphatic carbocycles. The van der Waals surface area contributed by atoms with Gasteiger partial charge in [-0.2, -0.15) is 5.10 Å². The monoisotopic (exact) mass is 328 g/mol. The molecule has 2 aromatic heterocycles. The number of benzene rings is 1. The molecule has 0 saturated carbocycles. The molecule has 124 valence electrons. The lowest BCUT2D eigenvalue weighted by atomic mass is 10.2. The number of urea groups is 1. The zero-order chi connectivity index (χ0) is 16.9. The first-order chi connectivity index (χ1) is 11.6. The van der Waals surface area contributed by atoms with E-state index in [0.29, 0.717) is 6.54 Å². The maximum Gasteiger partial charge on any atom is 0.319 e. The molecule has 8 heteroatoms. The number of anilines is 1.